The smallest absolute Gasteiger partial charge is 0.255 e. The van der Waals surface area contributed by atoms with Gasteiger partial charge in [0.15, 0.2) is 0 Å². The summed E-state index contributed by atoms with van der Waals surface area (Å²) in [6, 6.07) is 27.1. The highest BCUT2D eigenvalue weighted by atomic mass is 32.2. The zero-order valence-corrected chi connectivity index (χ0v) is 19.3. The molecule has 0 aliphatic carbocycles. The summed E-state index contributed by atoms with van der Waals surface area (Å²) < 4.78 is 21.2. The van der Waals surface area contributed by atoms with Gasteiger partial charge >= 0.3 is 0 Å². The molecule has 3 N–H and O–H groups in total. The number of hydrogen-bond donors (Lipinski definition) is 3. The second-order valence-corrected chi connectivity index (χ2v) is 8.87. The molecule has 0 spiro atoms. The molecule has 1 unspecified atom stereocenters. The van der Waals surface area contributed by atoms with Crippen molar-refractivity contribution in [2.45, 2.75) is 13.0 Å². The minimum Gasteiger partial charge on any atom is -0.772 e. The Labute approximate surface area is 200 Å². The summed E-state index contributed by atoms with van der Waals surface area (Å²) in [5.41, 5.74) is 6.20. The molecule has 0 aliphatic rings. The number of anilines is 1. The molecule has 4 rings (SSSR count). The molecular weight excluding hydrogens is 448 g/mol. The summed E-state index contributed by atoms with van der Waals surface area (Å²) in [7, 11) is 0. The Bertz CT molecular complexity index is 1260. The van der Waals surface area contributed by atoms with Crippen molar-refractivity contribution in [1.82, 2.24) is 15.5 Å². The van der Waals surface area contributed by atoms with E-state index in [2.05, 4.69) is 33.0 Å². The first-order valence-corrected chi connectivity index (χ1v) is 12.2. The highest BCUT2D eigenvalue weighted by Gasteiger charge is 2.09. The first kappa shape index (κ1) is 23.6. The number of rotatable bonds is 10. The van der Waals surface area contributed by atoms with Crippen LogP contribution in [-0.4, -0.2) is 37.2 Å². The molecule has 0 radical (unpaired) electrons. The van der Waals surface area contributed by atoms with Gasteiger partial charge in [0.25, 0.3) is 5.91 Å². The first-order valence-electron chi connectivity index (χ1n) is 10.9. The largest absolute Gasteiger partial charge is 0.772 e. The number of H-pyrrole nitrogens is 1. The maximum atomic E-state index is 12.7. The van der Waals surface area contributed by atoms with Crippen LogP contribution in [0.5, 0.6) is 0 Å². The van der Waals surface area contributed by atoms with Crippen LogP contribution >= 0.6 is 0 Å². The van der Waals surface area contributed by atoms with E-state index in [1.807, 2.05) is 60.7 Å². The third-order valence-corrected chi connectivity index (χ3v) is 5.81. The van der Waals surface area contributed by atoms with Crippen LogP contribution in [0.1, 0.15) is 27.2 Å². The van der Waals surface area contributed by atoms with Gasteiger partial charge in [-0.2, -0.15) is 5.10 Å². The van der Waals surface area contributed by atoms with Crippen molar-refractivity contribution in [2.75, 3.05) is 17.6 Å². The summed E-state index contributed by atoms with van der Waals surface area (Å²) in [6.45, 7) is 0.853. The fourth-order valence-corrected chi connectivity index (χ4v) is 3.87. The predicted octanol–water partition coefficient (Wildman–Crippen LogP) is 3.89. The van der Waals surface area contributed by atoms with E-state index >= 15 is 0 Å². The van der Waals surface area contributed by atoms with Crippen LogP contribution in [0.4, 0.5) is 5.69 Å². The maximum Gasteiger partial charge on any atom is 0.255 e. The molecule has 0 fully saturated rings. The van der Waals surface area contributed by atoms with Crippen molar-refractivity contribution in [2.24, 2.45) is 0 Å². The normalized spacial score (nSPS) is 11.8. The molecular formula is C26H25N4O3S-. The summed E-state index contributed by atoms with van der Waals surface area (Å²) in [5, 5.41) is 13.5. The van der Waals surface area contributed by atoms with Crippen molar-refractivity contribution >= 4 is 22.7 Å². The molecule has 0 aliphatic heterocycles. The molecule has 1 aromatic heterocycles. The highest BCUT2D eigenvalue weighted by molar-refractivity contribution is 7.79. The van der Waals surface area contributed by atoms with Gasteiger partial charge in [-0.25, -0.2) is 0 Å². The van der Waals surface area contributed by atoms with Crippen LogP contribution < -0.4 is 10.6 Å². The van der Waals surface area contributed by atoms with E-state index in [0.717, 1.165) is 28.9 Å². The molecule has 0 bridgehead atoms. The number of nitrogens with one attached hydrogen (secondary N) is 3. The monoisotopic (exact) mass is 473 g/mol. The molecule has 174 valence electrons. The fourth-order valence-electron chi connectivity index (χ4n) is 3.55. The Morgan fingerprint density at radius 1 is 0.941 bits per heavy atom. The third-order valence-electron chi connectivity index (χ3n) is 5.27. The number of nitrogens with zero attached hydrogens (tertiary/aromatic N) is 1. The van der Waals surface area contributed by atoms with Crippen molar-refractivity contribution in [3.05, 3.63) is 107 Å². The van der Waals surface area contributed by atoms with Gasteiger partial charge in [0.05, 0.1) is 5.69 Å². The van der Waals surface area contributed by atoms with Crippen LogP contribution in [0.15, 0.2) is 84.9 Å². The van der Waals surface area contributed by atoms with E-state index in [-0.39, 0.29) is 11.7 Å². The maximum absolute atomic E-state index is 12.7. The lowest BCUT2D eigenvalue weighted by atomic mass is 10.1. The molecule has 34 heavy (non-hydrogen) atoms. The van der Waals surface area contributed by atoms with Crippen molar-refractivity contribution < 1.29 is 13.6 Å². The number of hydrogen-bond acceptors (Lipinski definition) is 5. The van der Waals surface area contributed by atoms with E-state index in [0.29, 0.717) is 24.3 Å². The molecule has 1 heterocycles. The number of carbonyl (C=O) groups excluding carboxylic acids is 1. The SMILES string of the molecule is O=C(Nc1ccc(-c2cc(Cc3ccccc3)[nH]n2)cc1)c1cccc(CNCCS(=O)[O-])c1. The van der Waals surface area contributed by atoms with Crippen LogP contribution in [0.25, 0.3) is 11.3 Å². The van der Waals surface area contributed by atoms with Crippen LogP contribution in [0, 0.1) is 0 Å². The Kier molecular flexibility index (Phi) is 7.98. The number of benzene rings is 3. The van der Waals surface area contributed by atoms with Crippen LogP contribution in [-0.2, 0) is 24.0 Å². The van der Waals surface area contributed by atoms with Gasteiger partial charge < -0.3 is 15.2 Å². The lowest BCUT2D eigenvalue weighted by Gasteiger charge is -2.09. The van der Waals surface area contributed by atoms with Gasteiger partial charge in [-0.15, -0.1) is 0 Å². The van der Waals surface area contributed by atoms with Crippen molar-refractivity contribution in [1.29, 1.82) is 0 Å². The second kappa shape index (κ2) is 11.5. The zero-order valence-electron chi connectivity index (χ0n) is 18.5. The molecule has 4 aromatic rings. The Morgan fingerprint density at radius 2 is 1.71 bits per heavy atom. The van der Waals surface area contributed by atoms with Crippen molar-refractivity contribution in [3.63, 3.8) is 0 Å². The quantitative estimate of drug-likeness (QED) is 0.239. The summed E-state index contributed by atoms with van der Waals surface area (Å²) in [4.78, 5) is 12.7. The number of carbonyl (C=O) groups is 1. The van der Waals surface area contributed by atoms with E-state index in [1.165, 1.54) is 5.56 Å². The molecule has 3 aromatic carbocycles. The van der Waals surface area contributed by atoms with Gasteiger partial charge in [-0.3, -0.25) is 14.1 Å². The zero-order chi connectivity index (χ0) is 23.8. The van der Waals surface area contributed by atoms with Gasteiger partial charge in [-0.1, -0.05) is 65.7 Å². The third kappa shape index (κ3) is 6.71. The fraction of sp³-hybridized carbons (Fsp3) is 0.154. The van der Waals surface area contributed by atoms with Gasteiger partial charge in [0.2, 0.25) is 0 Å². The molecule has 0 saturated heterocycles. The summed E-state index contributed by atoms with van der Waals surface area (Å²) in [5.74, 6) is -0.150. The Balaban J connectivity index is 1.34. The van der Waals surface area contributed by atoms with Gasteiger partial charge in [-0.05, 0) is 41.5 Å². The van der Waals surface area contributed by atoms with E-state index < -0.39 is 11.1 Å². The number of amides is 1. The van der Waals surface area contributed by atoms with Crippen LogP contribution in [0.3, 0.4) is 0 Å². The first-order chi connectivity index (χ1) is 16.6. The lowest BCUT2D eigenvalue weighted by molar-refractivity contribution is 0.102. The Morgan fingerprint density at radius 3 is 2.47 bits per heavy atom. The molecule has 1 amide bonds. The standard InChI is InChI=1S/C26H26N4O3S/c31-26(22-8-4-7-20(15-22)18-27-13-14-34(32)33)28-23-11-9-21(10-12-23)25-17-24(29-30-25)16-19-5-2-1-3-6-19/h1-12,15,17,27H,13-14,16,18H2,(H,28,31)(H,29,30)(H,32,33)/p-1. The average Bonchev–Trinajstić information content (AvgIpc) is 3.31. The summed E-state index contributed by atoms with van der Waals surface area (Å²) >= 11 is -2.06. The minimum absolute atomic E-state index is 0.0583. The molecule has 1 atom stereocenters. The van der Waals surface area contributed by atoms with Gasteiger partial charge in [0.1, 0.15) is 0 Å². The van der Waals surface area contributed by atoms with Gasteiger partial charge in [0, 0.05) is 47.8 Å². The van der Waals surface area contributed by atoms with Crippen molar-refractivity contribution in [3.8, 4) is 11.3 Å². The molecule has 0 saturated carbocycles. The number of aromatic amines is 1. The highest BCUT2D eigenvalue weighted by Crippen LogP contribution is 2.22. The summed E-state index contributed by atoms with van der Waals surface area (Å²) in [6.07, 6.45) is 0.786. The van der Waals surface area contributed by atoms with E-state index in [1.54, 1.807) is 12.1 Å². The lowest BCUT2D eigenvalue weighted by Crippen LogP contribution is -2.20. The van der Waals surface area contributed by atoms with E-state index in [4.69, 9.17) is 0 Å². The Hall–Kier alpha value is -3.59. The average molecular weight is 474 g/mol. The molecule has 7 nitrogen and oxygen atoms in total. The predicted molar refractivity (Wildman–Crippen MR) is 133 cm³/mol. The topological polar surface area (TPSA) is 110 Å². The number of aromatic nitrogens is 2. The van der Waals surface area contributed by atoms with E-state index in [9.17, 15) is 13.6 Å². The van der Waals surface area contributed by atoms with Crippen LogP contribution in [0.2, 0.25) is 0 Å². The molecule has 8 heteroatoms. The second-order valence-electron chi connectivity index (χ2n) is 7.86. The minimum atomic E-state index is -2.06.